The van der Waals surface area contributed by atoms with Crippen LogP contribution in [0.3, 0.4) is 0 Å². The highest BCUT2D eigenvalue weighted by Crippen LogP contribution is 2.16. The van der Waals surface area contributed by atoms with Gasteiger partial charge in [-0.15, -0.1) is 5.10 Å². The Balaban J connectivity index is 1.54. The summed E-state index contributed by atoms with van der Waals surface area (Å²) in [4.78, 5) is 20.3. The Morgan fingerprint density at radius 2 is 2.14 bits per heavy atom. The van der Waals surface area contributed by atoms with Crippen molar-refractivity contribution in [2.24, 2.45) is 0 Å². The van der Waals surface area contributed by atoms with Crippen LogP contribution in [0.25, 0.3) is 5.82 Å². The van der Waals surface area contributed by atoms with Crippen molar-refractivity contribution in [3.63, 3.8) is 0 Å². The van der Waals surface area contributed by atoms with Gasteiger partial charge in [-0.3, -0.25) is 0 Å². The molecule has 12 heteroatoms. The molecule has 152 valence electrons. The monoisotopic (exact) mass is 400 g/mol. The van der Waals surface area contributed by atoms with E-state index in [9.17, 15) is 4.79 Å². The van der Waals surface area contributed by atoms with E-state index in [1.165, 1.54) is 9.58 Å². The molecule has 1 fully saturated rings. The minimum Gasteiger partial charge on any atom is -0.461 e. The molecule has 0 radical (unpaired) electrons. The van der Waals surface area contributed by atoms with Crippen molar-refractivity contribution in [2.45, 2.75) is 13.5 Å². The molecule has 0 aromatic carbocycles. The average molecular weight is 400 g/mol. The van der Waals surface area contributed by atoms with Gasteiger partial charge in [0.2, 0.25) is 11.6 Å². The molecule has 0 saturated carbocycles. The van der Waals surface area contributed by atoms with E-state index in [0.29, 0.717) is 12.2 Å². The van der Waals surface area contributed by atoms with Crippen molar-refractivity contribution >= 4 is 17.6 Å². The molecule has 4 heterocycles. The van der Waals surface area contributed by atoms with E-state index in [4.69, 9.17) is 10.5 Å². The summed E-state index contributed by atoms with van der Waals surface area (Å²) in [6.45, 7) is 5.89. The van der Waals surface area contributed by atoms with Crippen LogP contribution in [0.5, 0.6) is 0 Å². The lowest BCUT2D eigenvalue weighted by Gasteiger charge is -2.32. The zero-order valence-electron chi connectivity index (χ0n) is 16.0. The first-order chi connectivity index (χ1) is 14.2. The third-order valence-corrected chi connectivity index (χ3v) is 4.79. The molecule has 4 rings (SSSR count). The van der Waals surface area contributed by atoms with Gasteiger partial charge in [-0.25, -0.2) is 14.4 Å². The van der Waals surface area contributed by atoms with Crippen LogP contribution in [0.15, 0.2) is 29.0 Å². The fourth-order valence-corrected chi connectivity index (χ4v) is 3.33. The van der Waals surface area contributed by atoms with E-state index in [-0.39, 0.29) is 23.9 Å². The molecule has 1 saturated heterocycles. The van der Waals surface area contributed by atoms with E-state index in [2.05, 4.69) is 35.1 Å². The quantitative estimate of drug-likeness (QED) is 0.480. The van der Waals surface area contributed by atoms with E-state index in [1.807, 2.05) is 18.2 Å². The highest BCUT2D eigenvalue weighted by molar-refractivity contribution is 5.88. The number of esters is 1. The minimum atomic E-state index is -0.532. The van der Waals surface area contributed by atoms with Crippen LogP contribution >= 0.6 is 0 Å². The van der Waals surface area contributed by atoms with Crippen molar-refractivity contribution in [2.75, 3.05) is 43.4 Å². The van der Waals surface area contributed by atoms with Crippen molar-refractivity contribution in [1.82, 2.24) is 30.3 Å². The van der Waals surface area contributed by atoms with Crippen LogP contribution in [-0.4, -0.2) is 69.0 Å². The second kappa shape index (κ2) is 8.22. The van der Waals surface area contributed by atoms with Gasteiger partial charge in [-0.2, -0.15) is 4.68 Å². The molecule has 1 aliphatic rings. The van der Waals surface area contributed by atoms with E-state index in [1.54, 1.807) is 13.1 Å². The van der Waals surface area contributed by atoms with Crippen LogP contribution in [-0.2, 0) is 11.3 Å². The molecule has 12 nitrogen and oxygen atoms in total. The number of aromatic nitrogens is 6. The highest BCUT2D eigenvalue weighted by atomic mass is 16.6. The second-order valence-electron chi connectivity index (χ2n) is 6.59. The molecule has 0 atom stereocenters. The van der Waals surface area contributed by atoms with Crippen molar-refractivity contribution in [3.8, 4) is 5.82 Å². The Labute approximate surface area is 166 Å². The van der Waals surface area contributed by atoms with Crippen LogP contribution in [0.2, 0.25) is 0 Å². The Bertz CT molecular complexity index is 964. The Morgan fingerprint density at radius 3 is 2.79 bits per heavy atom. The third kappa shape index (κ3) is 3.87. The lowest BCUT2D eigenvalue weighted by molar-refractivity contribution is -0.914. The van der Waals surface area contributed by atoms with Crippen LogP contribution in [0.4, 0.5) is 11.6 Å². The maximum Gasteiger partial charge on any atom is 0.361 e. The van der Waals surface area contributed by atoms with Gasteiger partial charge in [-0.05, 0) is 29.4 Å². The zero-order valence-corrected chi connectivity index (χ0v) is 16.0. The molecular weight excluding hydrogens is 378 g/mol. The van der Waals surface area contributed by atoms with Crippen molar-refractivity contribution in [3.05, 3.63) is 35.8 Å². The van der Waals surface area contributed by atoms with Crippen LogP contribution in [0, 0.1) is 0 Å². The van der Waals surface area contributed by atoms with Gasteiger partial charge in [0.1, 0.15) is 18.1 Å². The number of nitrogens with one attached hydrogen (secondary N) is 1. The highest BCUT2D eigenvalue weighted by Gasteiger charge is 2.29. The first kappa shape index (κ1) is 18.8. The molecule has 0 bridgehead atoms. The molecule has 1 aliphatic heterocycles. The van der Waals surface area contributed by atoms with E-state index in [0.717, 1.165) is 32.0 Å². The largest absolute Gasteiger partial charge is 0.461 e. The number of ether oxygens (including phenoxy) is 1. The average Bonchev–Trinajstić information content (AvgIpc) is 3.35. The number of carbonyl (C=O) groups is 1. The lowest BCUT2D eigenvalue weighted by atomic mass is 10.2. The van der Waals surface area contributed by atoms with Crippen LogP contribution < -0.4 is 15.5 Å². The first-order valence-electron chi connectivity index (χ1n) is 9.37. The number of hydrogen-bond acceptors (Lipinski definition) is 10. The molecule has 0 unspecified atom stereocenters. The third-order valence-electron chi connectivity index (χ3n) is 4.79. The smallest absolute Gasteiger partial charge is 0.361 e. The predicted octanol–water partition coefficient (Wildman–Crippen LogP) is -1.29. The first-order valence-corrected chi connectivity index (χ1v) is 9.37. The van der Waals surface area contributed by atoms with Gasteiger partial charge in [-0.1, -0.05) is 11.3 Å². The summed E-state index contributed by atoms with van der Waals surface area (Å²) in [5.74, 6) is 0.707. The van der Waals surface area contributed by atoms with Gasteiger partial charge in [0.15, 0.2) is 5.69 Å². The summed E-state index contributed by atoms with van der Waals surface area (Å²) in [6.07, 6.45) is 1.79. The van der Waals surface area contributed by atoms with Crippen molar-refractivity contribution < 1.29 is 19.1 Å². The van der Waals surface area contributed by atoms with E-state index < -0.39 is 5.97 Å². The Kier molecular flexibility index (Phi) is 5.33. The van der Waals surface area contributed by atoms with E-state index >= 15 is 0 Å². The maximum atomic E-state index is 12.4. The number of pyridine rings is 1. The molecule has 3 aromatic heterocycles. The van der Waals surface area contributed by atoms with Gasteiger partial charge < -0.3 is 20.3 Å². The molecule has 0 spiro atoms. The number of piperazine rings is 1. The summed E-state index contributed by atoms with van der Waals surface area (Å²) < 4.78 is 11.2. The zero-order chi connectivity index (χ0) is 20.2. The number of quaternary nitrogens is 1. The number of nitrogen functional groups attached to an aromatic ring is 1. The topological polar surface area (TPSA) is 143 Å². The summed E-state index contributed by atoms with van der Waals surface area (Å²) in [5.41, 5.74) is 6.52. The number of carbonyl (C=O) groups excluding carboxylic acids is 1. The molecular formula is C17H22N9O3+. The van der Waals surface area contributed by atoms with Gasteiger partial charge in [0.05, 0.1) is 32.8 Å². The van der Waals surface area contributed by atoms with Gasteiger partial charge in [0.25, 0.3) is 0 Å². The summed E-state index contributed by atoms with van der Waals surface area (Å²) in [5, 5.41) is 15.4. The Morgan fingerprint density at radius 1 is 1.31 bits per heavy atom. The maximum absolute atomic E-state index is 12.4. The van der Waals surface area contributed by atoms with Gasteiger partial charge in [0, 0.05) is 6.20 Å². The molecule has 0 aliphatic carbocycles. The summed E-state index contributed by atoms with van der Waals surface area (Å²) >= 11 is 0. The standard InChI is InChI=1S/C17H21N9O3/c1-2-28-17(27)14-12(26(23-20-14)16-15(18)21-29-22-16)11-24-7-9-25(10-8-24)13-5-3-4-6-19-13/h3-6H,2,7-11H2,1H3,(H2,18,21)/p+1. The van der Waals surface area contributed by atoms with Crippen molar-refractivity contribution in [1.29, 1.82) is 0 Å². The molecule has 3 N–H and O–H groups in total. The molecule has 3 aromatic rings. The minimum absolute atomic E-state index is 0.0709. The summed E-state index contributed by atoms with van der Waals surface area (Å²) in [7, 11) is 0. The summed E-state index contributed by atoms with van der Waals surface area (Å²) in [6, 6.07) is 5.89. The Hall–Kier alpha value is -3.54. The SMILES string of the molecule is CCOC(=O)c1nnn(-c2nonc2N)c1C[NH+]1CCN(c2ccccn2)CC1. The van der Waals surface area contributed by atoms with Gasteiger partial charge >= 0.3 is 5.97 Å². The number of hydrogen-bond donors (Lipinski definition) is 2. The number of rotatable bonds is 6. The number of anilines is 2. The second-order valence-corrected chi connectivity index (χ2v) is 6.59. The lowest BCUT2D eigenvalue weighted by Crippen LogP contribution is -3.13. The van der Waals surface area contributed by atoms with Crippen LogP contribution in [0.1, 0.15) is 23.1 Å². The predicted molar refractivity (Wildman–Crippen MR) is 100 cm³/mol. The normalized spacial score (nSPS) is 14.9. The fourth-order valence-electron chi connectivity index (χ4n) is 3.33. The fraction of sp³-hybridized carbons (Fsp3) is 0.412. The number of nitrogens with zero attached hydrogens (tertiary/aromatic N) is 7. The molecule has 0 amide bonds. The number of nitrogens with two attached hydrogens (primary N) is 1. The molecule has 29 heavy (non-hydrogen) atoms.